The number of amides is 1. The third-order valence-electron chi connectivity index (χ3n) is 3.56. The molecular weight excluding hydrogens is 368 g/mol. The summed E-state index contributed by atoms with van der Waals surface area (Å²) in [5.41, 5.74) is 1.22. The molecule has 26 heavy (non-hydrogen) atoms. The lowest BCUT2D eigenvalue weighted by atomic mass is 10.2. The molecule has 0 bridgehead atoms. The van der Waals surface area contributed by atoms with Gasteiger partial charge in [-0.1, -0.05) is 6.92 Å². The SMILES string of the molecule is CCc1sc(C(=O)OCC(=O)Nc2ccc3c(c2)OC(F)(F)O3)cc1C. The van der Waals surface area contributed by atoms with Crippen molar-refractivity contribution in [2.24, 2.45) is 0 Å². The quantitative estimate of drug-likeness (QED) is 0.797. The lowest BCUT2D eigenvalue weighted by molar-refractivity contribution is -0.286. The molecule has 1 aromatic heterocycles. The van der Waals surface area contributed by atoms with E-state index in [9.17, 15) is 18.4 Å². The topological polar surface area (TPSA) is 73.9 Å². The van der Waals surface area contributed by atoms with Crippen LogP contribution in [-0.2, 0) is 16.0 Å². The van der Waals surface area contributed by atoms with Gasteiger partial charge in [-0.05, 0) is 37.1 Å². The van der Waals surface area contributed by atoms with Crippen molar-refractivity contribution in [2.75, 3.05) is 11.9 Å². The van der Waals surface area contributed by atoms with Gasteiger partial charge in [0.1, 0.15) is 4.88 Å². The Morgan fingerprint density at radius 2 is 1.96 bits per heavy atom. The first-order valence-electron chi connectivity index (χ1n) is 7.73. The summed E-state index contributed by atoms with van der Waals surface area (Å²) in [6.07, 6.45) is -2.91. The van der Waals surface area contributed by atoms with E-state index in [0.717, 1.165) is 16.9 Å². The maximum atomic E-state index is 13.0. The smallest absolute Gasteiger partial charge is 0.451 e. The fourth-order valence-electron chi connectivity index (χ4n) is 2.40. The Kier molecular flexibility index (Phi) is 4.82. The zero-order valence-electron chi connectivity index (χ0n) is 13.9. The Morgan fingerprint density at radius 1 is 1.23 bits per heavy atom. The predicted octanol–water partition coefficient (Wildman–Crippen LogP) is 3.74. The van der Waals surface area contributed by atoms with Gasteiger partial charge in [0.05, 0.1) is 0 Å². The highest BCUT2D eigenvalue weighted by Crippen LogP contribution is 2.42. The standard InChI is InChI=1S/C17H15F2NO5S/c1-3-13-9(2)6-14(26-13)16(22)23-8-15(21)20-10-4-5-11-12(7-10)25-17(18,19)24-11/h4-7H,3,8H2,1-2H3,(H,20,21). The minimum absolute atomic E-state index is 0.126. The van der Waals surface area contributed by atoms with E-state index in [-0.39, 0.29) is 17.2 Å². The summed E-state index contributed by atoms with van der Waals surface area (Å²) in [4.78, 5) is 25.4. The molecule has 6 nitrogen and oxygen atoms in total. The van der Waals surface area contributed by atoms with Gasteiger partial charge in [0, 0.05) is 16.6 Å². The zero-order valence-corrected chi connectivity index (χ0v) is 14.7. The van der Waals surface area contributed by atoms with Crippen LogP contribution in [-0.4, -0.2) is 24.8 Å². The molecule has 1 aliphatic rings. The molecule has 1 aromatic carbocycles. The number of thiophene rings is 1. The summed E-state index contributed by atoms with van der Waals surface area (Å²) in [5.74, 6) is -1.50. The number of carbonyl (C=O) groups is 2. The van der Waals surface area contributed by atoms with Crippen molar-refractivity contribution in [2.45, 2.75) is 26.6 Å². The van der Waals surface area contributed by atoms with Crippen molar-refractivity contribution in [1.82, 2.24) is 0 Å². The monoisotopic (exact) mass is 383 g/mol. The summed E-state index contributed by atoms with van der Waals surface area (Å²) in [6.45, 7) is 3.40. The molecule has 1 amide bonds. The highest BCUT2D eigenvalue weighted by atomic mass is 32.1. The zero-order chi connectivity index (χ0) is 18.9. The van der Waals surface area contributed by atoms with Crippen LogP contribution in [0.25, 0.3) is 0 Å². The van der Waals surface area contributed by atoms with Crippen LogP contribution in [0.15, 0.2) is 24.3 Å². The Bertz CT molecular complexity index is 865. The van der Waals surface area contributed by atoms with Gasteiger partial charge in [0.2, 0.25) is 0 Å². The number of anilines is 1. The van der Waals surface area contributed by atoms with E-state index < -0.39 is 24.8 Å². The molecule has 9 heteroatoms. The van der Waals surface area contributed by atoms with Gasteiger partial charge in [-0.2, -0.15) is 0 Å². The molecule has 0 saturated heterocycles. The second kappa shape index (κ2) is 6.91. The second-order valence-electron chi connectivity index (χ2n) is 5.52. The van der Waals surface area contributed by atoms with Crippen molar-refractivity contribution in [3.05, 3.63) is 39.6 Å². The van der Waals surface area contributed by atoms with E-state index in [1.807, 2.05) is 13.8 Å². The number of esters is 1. The number of nitrogens with one attached hydrogen (secondary N) is 1. The molecule has 0 saturated carbocycles. The maximum absolute atomic E-state index is 13.0. The molecular formula is C17H15F2NO5S. The number of fused-ring (bicyclic) bond motifs is 1. The number of ether oxygens (including phenoxy) is 3. The first kappa shape index (κ1) is 18.1. The van der Waals surface area contributed by atoms with E-state index in [2.05, 4.69) is 14.8 Å². The molecule has 0 atom stereocenters. The lowest BCUT2D eigenvalue weighted by Crippen LogP contribution is -2.25. The second-order valence-corrected chi connectivity index (χ2v) is 6.66. The van der Waals surface area contributed by atoms with Crippen LogP contribution in [0, 0.1) is 6.92 Å². The molecule has 2 aromatic rings. The number of hydrogen-bond donors (Lipinski definition) is 1. The molecule has 1 aliphatic heterocycles. The van der Waals surface area contributed by atoms with Gasteiger partial charge in [-0.25, -0.2) is 4.79 Å². The van der Waals surface area contributed by atoms with Crippen LogP contribution in [0.2, 0.25) is 0 Å². The van der Waals surface area contributed by atoms with E-state index in [1.165, 1.54) is 29.5 Å². The highest BCUT2D eigenvalue weighted by molar-refractivity contribution is 7.14. The Hall–Kier alpha value is -2.68. The molecule has 2 heterocycles. The molecule has 1 N–H and O–H groups in total. The Labute approximate surface area is 151 Å². The van der Waals surface area contributed by atoms with E-state index >= 15 is 0 Å². The van der Waals surface area contributed by atoms with Crippen LogP contribution >= 0.6 is 11.3 Å². The third-order valence-corrected chi connectivity index (χ3v) is 4.92. The van der Waals surface area contributed by atoms with Gasteiger partial charge in [-0.15, -0.1) is 20.1 Å². The van der Waals surface area contributed by atoms with Crippen LogP contribution in [0.3, 0.4) is 0 Å². The highest BCUT2D eigenvalue weighted by Gasteiger charge is 2.43. The molecule has 0 fully saturated rings. The predicted molar refractivity (Wildman–Crippen MR) is 90.0 cm³/mol. The Morgan fingerprint density at radius 3 is 2.65 bits per heavy atom. The van der Waals surface area contributed by atoms with E-state index in [1.54, 1.807) is 6.07 Å². The van der Waals surface area contributed by atoms with Gasteiger partial charge in [-0.3, -0.25) is 4.79 Å². The molecule has 3 rings (SSSR count). The number of rotatable bonds is 5. The van der Waals surface area contributed by atoms with Gasteiger partial charge in [0.25, 0.3) is 5.91 Å². The van der Waals surface area contributed by atoms with Crippen LogP contribution < -0.4 is 14.8 Å². The minimum atomic E-state index is -3.73. The molecule has 0 aliphatic carbocycles. The van der Waals surface area contributed by atoms with Crippen molar-refractivity contribution in [3.63, 3.8) is 0 Å². The number of carbonyl (C=O) groups excluding carboxylic acids is 2. The van der Waals surface area contributed by atoms with Crippen molar-refractivity contribution >= 4 is 28.9 Å². The number of halogens is 2. The van der Waals surface area contributed by atoms with Crippen LogP contribution in [0.1, 0.15) is 27.0 Å². The summed E-state index contributed by atoms with van der Waals surface area (Å²) in [7, 11) is 0. The van der Waals surface area contributed by atoms with E-state index in [0.29, 0.717) is 4.88 Å². The Balaban J connectivity index is 1.55. The van der Waals surface area contributed by atoms with Crippen molar-refractivity contribution in [3.8, 4) is 11.5 Å². The normalized spacial score (nSPS) is 14.2. The molecule has 0 radical (unpaired) electrons. The summed E-state index contributed by atoms with van der Waals surface area (Å²) < 4.78 is 39.5. The third kappa shape index (κ3) is 3.93. The number of hydrogen-bond acceptors (Lipinski definition) is 6. The first-order valence-corrected chi connectivity index (χ1v) is 8.55. The van der Waals surface area contributed by atoms with Crippen LogP contribution in [0.5, 0.6) is 11.5 Å². The molecule has 0 spiro atoms. The minimum Gasteiger partial charge on any atom is -0.451 e. The van der Waals surface area contributed by atoms with Gasteiger partial charge in [0.15, 0.2) is 18.1 Å². The maximum Gasteiger partial charge on any atom is 0.586 e. The van der Waals surface area contributed by atoms with Crippen molar-refractivity contribution < 1.29 is 32.6 Å². The summed E-state index contributed by atoms with van der Waals surface area (Å²) in [5, 5.41) is 2.44. The lowest BCUT2D eigenvalue weighted by Gasteiger charge is -2.06. The van der Waals surface area contributed by atoms with Gasteiger partial charge >= 0.3 is 12.3 Å². The average molecular weight is 383 g/mol. The number of aryl methyl sites for hydroxylation is 2. The molecule has 138 valence electrons. The number of alkyl halides is 2. The average Bonchev–Trinajstić information content (AvgIpc) is 3.10. The summed E-state index contributed by atoms with van der Waals surface area (Å²) in [6, 6.07) is 5.55. The fraction of sp³-hybridized carbons (Fsp3) is 0.294. The fourth-order valence-corrected chi connectivity index (χ4v) is 3.41. The summed E-state index contributed by atoms with van der Waals surface area (Å²) >= 11 is 1.33. The first-order chi connectivity index (χ1) is 12.3. The van der Waals surface area contributed by atoms with Gasteiger partial charge < -0.3 is 19.5 Å². The van der Waals surface area contributed by atoms with E-state index in [4.69, 9.17) is 4.74 Å². The number of benzene rings is 1. The largest absolute Gasteiger partial charge is 0.586 e. The van der Waals surface area contributed by atoms with Crippen LogP contribution in [0.4, 0.5) is 14.5 Å². The van der Waals surface area contributed by atoms with Crippen molar-refractivity contribution in [1.29, 1.82) is 0 Å². The molecule has 0 unspecified atom stereocenters.